The van der Waals surface area contributed by atoms with E-state index in [4.69, 9.17) is 16.0 Å². The van der Waals surface area contributed by atoms with Gasteiger partial charge < -0.3 is 15.1 Å². The molecule has 7 heteroatoms. The summed E-state index contributed by atoms with van der Waals surface area (Å²) in [6.45, 7) is 2.24. The molecule has 2 amide bonds. The quantitative estimate of drug-likeness (QED) is 0.759. The Labute approximate surface area is 139 Å². The van der Waals surface area contributed by atoms with Crippen molar-refractivity contribution < 1.29 is 14.0 Å². The monoisotopic (exact) mass is 335 g/mol. The Hall–Kier alpha value is -2.34. The lowest BCUT2D eigenvalue weighted by Crippen LogP contribution is -2.33. The number of nitrogens with one attached hydrogen (secondary N) is 2. The summed E-state index contributed by atoms with van der Waals surface area (Å²) in [5, 5.41) is 5.90. The second kappa shape index (κ2) is 8.33. The zero-order valence-corrected chi connectivity index (χ0v) is 13.5. The minimum absolute atomic E-state index is 0.118. The molecule has 1 heterocycles. The molecule has 2 aromatic rings. The molecule has 1 aromatic carbocycles. The van der Waals surface area contributed by atoms with Gasteiger partial charge in [0.25, 0.3) is 0 Å². The summed E-state index contributed by atoms with van der Waals surface area (Å²) >= 11 is 6.11. The van der Waals surface area contributed by atoms with Gasteiger partial charge in [0, 0.05) is 38.4 Å². The molecule has 122 valence electrons. The van der Waals surface area contributed by atoms with Crippen LogP contribution in [0.2, 0.25) is 5.02 Å². The lowest BCUT2D eigenvalue weighted by atomic mass is 10.2. The van der Waals surface area contributed by atoms with Gasteiger partial charge in [0.15, 0.2) is 11.7 Å². The minimum Gasteiger partial charge on any atom is -0.441 e. The second-order valence-corrected chi connectivity index (χ2v) is 5.34. The molecule has 0 aliphatic carbocycles. The molecule has 23 heavy (non-hydrogen) atoms. The van der Waals surface area contributed by atoms with Crippen molar-refractivity contribution in [3.05, 3.63) is 41.4 Å². The smallest absolute Gasteiger partial charge is 0.220 e. The molecule has 0 spiro atoms. The number of benzene rings is 1. The molecule has 0 fully saturated rings. The van der Waals surface area contributed by atoms with Crippen LogP contribution in [0, 0.1) is 0 Å². The van der Waals surface area contributed by atoms with E-state index in [9.17, 15) is 9.59 Å². The Morgan fingerprint density at radius 3 is 2.70 bits per heavy atom. The molecule has 0 saturated carbocycles. The van der Waals surface area contributed by atoms with Gasteiger partial charge in [-0.15, -0.1) is 0 Å². The Balaban J connectivity index is 1.80. The van der Waals surface area contributed by atoms with Gasteiger partial charge in [0.05, 0.1) is 11.2 Å². The number of hydrogen-bond acceptors (Lipinski definition) is 4. The fourth-order valence-electron chi connectivity index (χ4n) is 1.96. The molecule has 0 aliphatic heterocycles. The average molecular weight is 336 g/mol. The average Bonchev–Trinajstić information content (AvgIpc) is 2.98. The summed E-state index contributed by atoms with van der Waals surface area (Å²) in [5.41, 5.74) is 0.771. The first-order valence-electron chi connectivity index (χ1n) is 7.27. The van der Waals surface area contributed by atoms with Crippen LogP contribution in [-0.2, 0) is 16.0 Å². The van der Waals surface area contributed by atoms with Crippen molar-refractivity contribution >= 4 is 23.4 Å². The molecular weight excluding hydrogens is 318 g/mol. The largest absolute Gasteiger partial charge is 0.441 e. The highest BCUT2D eigenvalue weighted by atomic mass is 35.5. The van der Waals surface area contributed by atoms with E-state index in [2.05, 4.69) is 15.6 Å². The number of halogens is 1. The Kier molecular flexibility index (Phi) is 6.17. The molecular formula is C16H18ClN3O3. The van der Waals surface area contributed by atoms with Crippen molar-refractivity contribution in [1.29, 1.82) is 0 Å². The fourth-order valence-corrected chi connectivity index (χ4v) is 2.19. The van der Waals surface area contributed by atoms with Crippen LogP contribution in [0.4, 0.5) is 0 Å². The molecule has 0 radical (unpaired) electrons. The summed E-state index contributed by atoms with van der Waals surface area (Å²) in [5.74, 6) is 0.826. The summed E-state index contributed by atoms with van der Waals surface area (Å²) in [6, 6.07) is 7.34. The molecule has 0 saturated heterocycles. The Morgan fingerprint density at radius 2 is 1.96 bits per heavy atom. The first-order valence-corrected chi connectivity index (χ1v) is 7.65. The molecule has 0 unspecified atom stereocenters. The van der Waals surface area contributed by atoms with Gasteiger partial charge in [-0.25, -0.2) is 4.98 Å². The van der Waals surface area contributed by atoms with Crippen LogP contribution in [0.5, 0.6) is 0 Å². The van der Waals surface area contributed by atoms with Gasteiger partial charge in [-0.1, -0.05) is 23.7 Å². The maximum Gasteiger partial charge on any atom is 0.220 e. The van der Waals surface area contributed by atoms with Crippen LogP contribution >= 0.6 is 11.6 Å². The topological polar surface area (TPSA) is 84.2 Å². The third-order valence-electron chi connectivity index (χ3n) is 3.08. The summed E-state index contributed by atoms with van der Waals surface area (Å²) in [6.07, 6.45) is 2.27. The van der Waals surface area contributed by atoms with Crippen LogP contribution < -0.4 is 10.6 Å². The molecule has 2 N–H and O–H groups in total. The number of hydrogen-bond donors (Lipinski definition) is 2. The number of carbonyl (C=O) groups is 2. The van der Waals surface area contributed by atoms with E-state index >= 15 is 0 Å². The van der Waals surface area contributed by atoms with E-state index in [1.807, 2.05) is 18.2 Å². The van der Waals surface area contributed by atoms with Crippen molar-refractivity contribution in [3.8, 4) is 11.3 Å². The second-order valence-electron chi connectivity index (χ2n) is 4.93. The summed E-state index contributed by atoms with van der Waals surface area (Å²) in [7, 11) is 0. The van der Waals surface area contributed by atoms with Gasteiger partial charge in [-0.2, -0.15) is 0 Å². The van der Waals surface area contributed by atoms with Gasteiger partial charge >= 0.3 is 0 Å². The number of carbonyl (C=O) groups excluding carboxylic acids is 2. The van der Waals surface area contributed by atoms with Crippen molar-refractivity contribution in [1.82, 2.24) is 15.6 Å². The van der Waals surface area contributed by atoms with E-state index in [-0.39, 0.29) is 18.2 Å². The van der Waals surface area contributed by atoms with Gasteiger partial charge in [-0.05, 0) is 12.1 Å². The zero-order valence-electron chi connectivity index (χ0n) is 12.8. The standard InChI is InChI=1S/C16H18ClN3O3/c1-11(21)18-8-9-19-15(22)6-7-16-20-10-14(23-16)12-4-2-3-5-13(12)17/h2-5,10H,6-9H2,1H3,(H,18,21)(H,19,22). The molecule has 0 atom stereocenters. The summed E-state index contributed by atoms with van der Waals surface area (Å²) in [4.78, 5) is 26.5. The van der Waals surface area contributed by atoms with E-state index < -0.39 is 0 Å². The summed E-state index contributed by atoms with van der Waals surface area (Å²) < 4.78 is 5.63. The van der Waals surface area contributed by atoms with E-state index in [1.54, 1.807) is 12.3 Å². The van der Waals surface area contributed by atoms with Crippen molar-refractivity contribution in [2.45, 2.75) is 19.8 Å². The predicted molar refractivity (Wildman–Crippen MR) is 87.0 cm³/mol. The number of oxazole rings is 1. The molecule has 0 aliphatic rings. The number of aromatic nitrogens is 1. The Morgan fingerprint density at radius 1 is 1.22 bits per heavy atom. The predicted octanol–water partition coefficient (Wildman–Crippen LogP) is 2.18. The van der Waals surface area contributed by atoms with Crippen LogP contribution in [0.15, 0.2) is 34.9 Å². The highest BCUT2D eigenvalue weighted by Crippen LogP contribution is 2.28. The van der Waals surface area contributed by atoms with E-state index in [0.29, 0.717) is 36.2 Å². The molecule has 1 aromatic heterocycles. The first kappa shape index (κ1) is 17.0. The SMILES string of the molecule is CC(=O)NCCNC(=O)CCc1ncc(-c2ccccc2Cl)o1. The molecule has 6 nitrogen and oxygen atoms in total. The lowest BCUT2D eigenvalue weighted by Gasteiger charge is -2.04. The number of nitrogens with zero attached hydrogens (tertiary/aromatic N) is 1. The van der Waals surface area contributed by atoms with E-state index in [1.165, 1.54) is 6.92 Å². The highest BCUT2D eigenvalue weighted by Gasteiger charge is 2.10. The maximum absolute atomic E-state index is 11.7. The maximum atomic E-state index is 11.7. The third kappa shape index (κ3) is 5.41. The van der Waals surface area contributed by atoms with Gasteiger partial charge in [0.1, 0.15) is 0 Å². The highest BCUT2D eigenvalue weighted by molar-refractivity contribution is 6.33. The van der Waals surface area contributed by atoms with Crippen molar-refractivity contribution in [3.63, 3.8) is 0 Å². The van der Waals surface area contributed by atoms with Crippen LogP contribution in [0.25, 0.3) is 11.3 Å². The van der Waals surface area contributed by atoms with Crippen molar-refractivity contribution in [2.75, 3.05) is 13.1 Å². The van der Waals surface area contributed by atoms with Gasteiger partial charge in [0.2, 0.25) is 11.8 Å². The normalized spacial score (nSPS) is 10.3. The Bertz CT molecular complexity index is 685. The van der Waals surface area contributed by atoms with Crippen LogP contribution in [0.3, 0.4) is 0 Å². The molecule has 2 rings (SSSR count). The number of rotatable bonds is 7. The third-order valence-corrected chi connectivity index (χ3v) is 3.41. The number of aryl methyl sites for hydroxylation is 1. The first-order chi connectivity index (χ1) is 11.1. The van der Waals surface area contributed by atoms with Gasteiger partial charge in [-0.3, -0.25) is 9.59 Å². The number of amides is 2. The zero-order chi connectivity index (χ0) is 16.7. The van der Waals surface area contributed by atoms with Crippen LogP contribution in [0.1, 0.15) is 19.2 Å². The fraction of sp³-hybridized carbons (Fsp3) is 0.312. The minimum atomic E-state index is -0.119. The van der Waals surface area contributed by atoms with Crippen LogP contribution in [-0.4, -0.2) is 29.9 Å². The lowest BCUT2D eigenvalue weighted by molar-refractivity contribution is -0.122. The van der Waals surface area contributed by atoms with E-state index in [0.717, 1.165) is 5.56 Å². The van der Waals surface area contributed by atoms with Crippen molar-refractivity contribution in [2.24, 2.45) is 0 Å². The molecule has 0 bridgehead atoms.